The van der Waals surface area contributed by atoms with Crippen molar-refractivity contribution in [1.29, 1.82) is 0 Å². The van der Waals surface area contributed by atoms with E-state index >= 15 is 0 Å². The second-order valence-electron chi connectivity index (χ2n) is 7.48. The molecule has 1 heterocycles. The Labute approximate surface area is 181 Å². The summed E-state index contributed by atoms with van der Waals surface area (Å²) in [6.45, 7) is 5.47. The van der Waals surface area contributed by atoms with Crippen molar-refractivity contribution in [2.75, 3.05) is 45.1 Å². The van der Waals surface area contributed by atoms with E-state index in [0.29, 0.717) is 16.3 Å². The Morgan fingerprint density at radius 1 is 1.07 bits per heavy atom. The van der Waals surface area contributed by atoms with E-state index in [2.05, 4.69) is 27.5 Å². The molecule has 1 saturated heterocycles. The summed E-state index contributed by atoms with van der Waals surface area (Å²) in [5.74, 6) is -1.79. The SMILES string of the molecule is Cc1c(Cl)cccc1NC(=O)C(=O)NC[C@H](c1ccc(F)cc1)N1CCN(C)CC1. The van der Waals surface area contributed by atoms with Crippen LogP contribution in [0.15, 0.2) is 42.5 Å². The van der Waals surface area contributed by atoms with E-state index in [-0.39, 0.29) is 18.4 Å². The number of rotatable bonds is 5. The second kappa shape index (κ2) is 10.0. The zero-order valence-electron chi connectivity index (χ0n) is 17.1. The van der Waals surface area contributed by atoms with Crippen LogP contribution in [0.1, 0.15) is 17.2 Å². The number of nitrogens with zero attached hydrogens (tertiary/aromatic N) is 2. The summed E-state index contributed by atoms with van der Waals surface area (Å²) in [4.78, 5) is 29.3. The molecule has 0 aliphatic carbocycles. The molecular formula is C22H26ClFN4O2. The van der Waals surface area contributed by atoms with Gasteiger partial charge in [-0.15, -0.1) is 0 Å². The lowest BCUT2D eigenvalue weighted by Gasteiger charge is -2.38. The van der Waals surface area contributed by atoms with Crippen LogP contribution in [0.5, 0.6) is 0 Å². The van der Waals surface area contributed by atoms with Gasteiger partial charge in [0.1, 0.15) is 5.82 Å². The van der Waals surface area contributed by atoms with E-state index in [4.69, 9.17) is 11.6 Å². The summed E-state index contributed by atoms with van der Waals surface area (Å²) < 4.78 is 13.4. The Balaban J connectivity index is 1.66. The van der Waals surface area contributed by atoms with Crippen LogP contribution >= 0.6 is 11.6 Å². The first kappa shape index (κ1) is 22.2. The van der Waals surface area contributed by atoms with Crippen molar-refractivity contribution in [3.05, 3.63) is 64.4 Å². The lowest BCUT2D eigenvalue weighted by Crippen LogP contribution is -2.49. The molecule has 1 fully saturated rings. The second-order valence-corrected chi connectivity index (χ2v) is 7.89. The fourth-order valence-electron chi connectivity index (χ4n) is 3.47. The summed E-state index contributed by atoms with van der Waals surface area (Å²) in [6, 6.07) is 11.2. The number of hydrogen-bond acceptors (Lipinski definition) is 4. The summed E-state index contributed by atoms with van der Waals surface area (Å²) >= 11 is 6.07. The maximum Gasteiger partial charge on any atom is 0.313 e. The number of benzene rings is 2. The zero-order chi connectivity index (χ0) is 21.7. The standard InChI is InChI=1S/C22H26ClFN4O2/c1-15-18(23)4-3-5-19(15)26-22(30)21(29)25-14-20(16-6-8-17(24)9-7-16)28-12-10-27(2)11-13-28/h3-9,20H,10-14H2,1-2H3,(H,25,29)(H,26,30)/t20-/m1/s1. The van der Waals surface area contributed by atoms with Crippen molar-refractivity contribution in [3.63, 3.8) is 0 Å². The molecule has 2 aromatic rings. The number of likely N-dealkylation sites (N-methyl/N-ethyl adjacent to an activating group) is 1. The number of nitrogens with one attached hydrogen (secondary N) is 2. The number of amides is 2. The Hall–Kier alpha value is -2.48. The van der Waals surface area contributed by atoms with Crippen molar-refractivity contribution < 1.29 is 14.0 Å². The van der Waals surface area contributed by atoms with Gasteiger partial charge in [0.15, 0.2) is 0 Å². The van der Waals surface area contributed by atoms with Crippen LogP contribution in [0.2, 0.25) is 5.02 Å². The van der Waals surface area contributed by atoms with Crippen LogP contribution in [0.4, 0.5) is 10.1 Å². The number of halogens is 2. The monoisotopic (exact) mass is 432 g/mol. The highest BCUT2D eigenvalue weighted by Gasteiger charge is 2.25. The van der Waals surface area contributed by atoms with Crippen LogP contribution in [-0.2, 0) is 9.59 Å². The van der Waals surface area contributed by atoms with E-state index in [1.54, 1.807) is 37.3 Å². The summed E-state index contributed by atoms with van der Waals surface area (Å²) in [7, 11) is 2.06. The molecule has 3 rings (SSSR count). The molecule has 1 aliphatic heterocycles. The molecule has 30 heavy (non-hydrogen) atoms. The largest absolute Gasteiger partial charge is 0.346 e. The van der Waals surface area contributed by atoms with E-state index in [0.717, 1.165) is 31.7 Å². The van der Waals surface area contributed by atoms with Gasteiger partial charge in [0, 0.05) is 43.4 Å². The van der Waals surface area contributed by atoms with Crippen LogP contribution in [0, 0.1) is 12.7 Å². The third-order valence-electron chi connectivity index (χ3n) is 5.41. The van der Waals surface area contributed by atoms with Gasteiger partial charge >= 0.3 is 11.8 Å². The van der Waals surface area contributed by atoms with E-state index in [9.17, 15) is 14.0 Å². The normalized spacial score (nSPS) is 16.1. The fraction of sp³-hybridized carbons (Fsp3) is 0.364. The number of piperazine rings is 1. The molecule has 0 unspecified atom stereocenters. The first-order valence-corrected chi connectivity index (χ1v) is 10.3. The van der Waals surface area contributed by atoms with Gasteiger partial charge in [0.05, 0.1) is 6.04 Å². The molecule has 8 heteroatoms. The predicted molar refractivity (Wildman–Crippen MR) is 116 cm³/mol. The van der Waals surface area contributed by atoms with Crippen molar-refractivity contribution in [2.45, 2.75) is 13.0 Å². The minimum absolute atomic E-state index is 0.149. The highest BCUT2D eigenvalue weighted by molar-refractivity contribution is 6.40. The summed E-state index contributed by atoms with van der Waals surface area (Å²) in [6.07, 6.45) is 0. The van der Waals surface area contributed by atoms with Gasteiger partial charge < -0.3 is 15.5 Å². The number of carbonyl (C=O) groups excluding carboxylic acids is 2. The van der Waals surface area contributed by atoms with Gasteiger partial charge in [-0.05, 0) is 49.4 Å². The molecule has 2 aromatic carbocycles. The highest BCUT2D eigenvalue weighted by Crippen LogP contribution is 2.23. The summed E-state index contributed by atoms with van der Waals surface area (Å²) in [5.41, 5.74) is 2.09. The average Bonchev–Trinajstić information content (AvgIpc) is 2.73. The molecule has 0 radical (unpaired) electrons. The zero-order valence-corrected chi connectivity index (χ0v) is 17.9. The van der Waals surface area contributed by atoms with Crippen molar-refractivity contribution in [1.82, 2.24) is 15.1 Å². The smallest absolute Gasteiger partial charge is 0.313 e. The van der Waals surface area contributed by atoms with Gasteiger partial charge in [-0.25, -0.2) is 4.39 Å². The molecule has 2 N–H and O–H groups in total. The van der Waals surface area contributed by atoms with Gasteiger partial charge in [0.2, 0.25) is 0 Å². The van der Waals surface area contributed by atoms with Gasteiger partial charge in [0.25, 0.3) is 0 Å². The van der Waals surface area contributed by atoms with E-state index in [1.165, 1.54) is 12.1 Å². The molecule has 1 atom stereocenters. The van der Waals surface area contributed by atoms with Crippen LogP contribution in [0.3, 0.4) is 0 Å². The van der Waals surface area contributed by atoms with Crippen molar-refractivity contribution in [3.8, 4) is 0 Å². The Morgan fingerprint density at radius 3 is 2.40 bits per heavy atom. The minimum Gasteiger partial charge on any atom is -0.346 e. The minimum atomic E-state index is -0.753. The topological polar surface area (TPSA) is 64.7 Å². The molecule has 0 bridgehead atoms. The van der Waals surface area contributed by atoms with E-state index < -0.39 is 11.8 Å². The third-order valence-corrected chi connectivity index (χ3v) is 5.82. The quantitative estimate of drug-likeness (QED) is 0.713. The molecule has 0 spiro atoms. The molecule has 0 aromatic heterocycles. The lowest BCUT2D eigenvalue weighted by atomic mass is 10.0. The first-order chi connectivity index (χ1) is 14.3. The average molecular weight is 433 g/mol. The van der Waals surface area contributed by atoms with Gasteiger partial charge in [-0.1, -0.05) is 29.8 Å². The lowest BCUT2D eigenvalue weighted by molar-refractivity contribution is -0.136. The molecule has 160 valence electrons. The Bertz CT molecular complexity index is 899. The molecule has 0 saturated carbocycles. The van der Waals surface area contributed by atoms with Crippen LogP contribution in [0.25, 0.3) is 0 Å². The van der Waals surface area contributed by atoms with Crippen molar-refractivity contribution in [2.24, 2.45) is 0 Å². The predicted octanol–water partition coefficient (Wildman–Crippen LogP) is 2.83. The summed E-state index contributed by atoms with van der Waals surface area (Å²) in [5, 5.41) is 5.84. The maximum atomic E-state index is 13.4. The highest BCUT2D eigenvalue weighted by atomic mass is 35.5. The molecule has 6 nitrogen and oxygen atoms in total. The van der Waals surface area contributed by atoms with Crippen LogP contribution < -0.4 is 10.6 Å². The number of carbonyl (C=O) groups is 2. The van der Waals surface area contributed by atoms with E-state index in [1.807, 2.05) is 0 Å². The molecule has 2 amide bonds. The Morgan fingerprint density at radius 2 is 1.73 bits per heavy atom. The van der Waals surface area contributed by atoms with Gasteiger partial charge in [-0.3, -0.25) is 14.5 Å². The van der Waals surface area contributed by atoms with Gasteiger partial charge in [-0.2, -0.15) is 0 Å². The Kier molecular flexibility index (Phi) is 7.42. The van der Waals surface area contributed by atoms with Crippen molar-refractivity contribution >= 4 is 29.1 Å². The first-order valence-electron chi connectivity index (χ1n) is 9.87. The third kappa shape index (κ3) is 5.56. The molecule has 1 aliphatic rings. The molecular weight excluding hydrogens is 407 g/mol. The van der Waals surface area contributed by atoms with Crippen LogP contribution in [-0.4, -0.2) is 61.4 Å². The number of anilines is 1. The maximum absolute atomic E-state index is 13.4. The number of hydrogen-bond donors (Lipinski definition) is 2. The fourth-order valence-corrected chi connectivity index (χ4v) is 3.64.